The van der Waals surface area contributed by atoms with Gasteiger partial charge in [0.1, 0.15) is 0 Å². The molecule has 28 heavy (non-hydrogen) atoms. The second kappa shape index (κ2) is 11.3. The van der Waals surface area contributed by atoms with E-state index in [2.05, 4.69) is 0 Å². The molecular formula is C24H34O4. The molecule has 154 valence electrons. The van der Waals surface area contributed by atoms with E-state index in [0.717, 1.165) is 5.56 Å². The highest BCUT2D eigenvalue weighted by Gasteiger charge is 2.17. The van der Waals surface area contributed by atoms with Gasteiger partial charge in [-0.15, -0.1) is 0 Å². The minimum atomic E-state index is -0.845. The molecule has 4 heteroatoms. The summed E-state index contributed by atoms with van der Waals surface area (Å²) >= 11 is 0. The standard InChI is InChI=1S/C16H20O2.C8H14O2/c1-16(2,3)12-14(15(17)18)11-7-10-13-8-5-4-6-9-13;1-6(7(9)10)5-8(2,3)4/h4-11H,12H2,1-3H3,(H,17,18);5H,1-4H3,(H,9,10). The van der Waals surface area contributed by atoms with Crippen molar-refractivity contribution in [3.8, 4) is 0 Å². The molecule has 0 saturated heterocycles. The van der Waals surface area contributed by atoms with E-state index in [1.54, 1.807) is 25.2 Å². The van der Waals surface area contributed by atoms with Crippen LogP contribution >= 0.6 is 0 Å². The molecule has 1 aromatic carbocycles. The Bertz CT molecular complexity index is 724. The van der Waals surface area contributed by atoms with E-state index in [-0.39, 0.29) is 10.8 Å². The van der Waals surface area contributed by atoms with Gasteiger partial charge in [0.05, 0.1) is 0 Å². The molecule has 0 radical (unpaired) electrons. The fraction of sp³-hybridized carbons (Fsp3) is 0.417. The fourth-order valence-electron chi connectivity index (χ4n) is 2.33. The third kappa shape index (κ3) is 13.6. The van der Waals surface area contributed by atoms with Crippen molar-refractivity contribution in [3.63, 3.8) is 0 Å². The summed E-state index contributed by atoms with van der Waals surface area (Å²) in [5.41, 5.74) is 1.85. The highest BCUT2D eigenvalue weighted by molar-refractivity contribution is 5.87. The van der Waals surface area contributed by atoms with Gasteiger partial charge in [-0.2, -0.15) is 0 Å². The fourth-order valence-corrected chi connectivity index (χ4v) is 2.33. The minimum Gasteiger partial charge on any atom is -0.478 e. The van der Waals surface area contributed by atoms with Crippen molar-refractivity contribution in [3.05, 3.63) is 65.3 Å². The molecule has 1 rings (SSSR count). The van der Waals surface area contributed by atoms with Crippen molar-refractivity contribution >= 4 is 18.0 Å². The van der Waals surface area contributed by atoms with Gasteiger partial charge >= 0.3 is 11.9 Å². The maximum Gasteiger partial charge on any atom is 0.331 e. The number of allylic oxidation sites excluding steroid dienone is 3. The van der Waals surface area contributed by atoms with Crippen molar-refractivity contribution in [2.75, 3.05) is 0 Å². The van der Waals surface area contributed by atoms with Gasteiger partial charge in [0, 0.05) is 11.1 Å². The summed E-state index contributed by atoms with van der Waals surface area (Å²) in [4.78, 5) is 21.4. The number of rotatable bonds is 5. The first-order chi connectivity index (χ1) is 12.7. The average Bonchev–Trinajstić information content (AvgIpc) is 2.52. The first-order valence-corrected chi connectivity index (χ1v) is 9.29. The highest BCUT2D eigenvalue weighted by Crippen LogP contribution is 2.24. The van der Waals surface area contributed by atoms with Gasteiger partial charge < -0.3 is 10.2 Å². The largest absolute Gasteiger partial charge is 0.478 e. The van der Waals surface area contributed by atoms with Gasteiger partial charge in [0.25, 0.3) is 0 Å². The summed E-state index contributed by atoms with van der Waals surface area (Å²) in [6, 6.07) is 9.83. The van der Waals surface area contributed by atoms with Crippen LogP contribution in [0.1, 0.15) is 60.5 Å². The normalized spacial score (nSPS) is 13.1. The molecule has 0 aliphatic heterocycles. The molecule has 0 amide bonds. The molecule has 0 unspecified atom stereocenters. The van der Waals surface area contributed by atoms with Crippen LogP contribution in [0, 0.1) is 10.8 Å². The minimum absolute atomic E-state index is 0.0230. The van der Waals surface area contributed by atoms with Crippen LogP contribution < -0.4 is 0 Å². The van der Waals surface area contributed by atoms with E-state index >= 15 is 0 Å². The molecule has 4 nitrogen and oxygen atoms in total. The monoisotopic (exact) mass is 386 g/mol. The van der Waals surface area contributed by atoms with Crippen LogP contribution in [0.5, 0.6) is 0 Å². The second-order valence-electron chi connectivity index (χ2n) is 9.00. The molecule has 0 saturated carbocycles. The predicted molar refractivity (Wildman–Crippen MR) is 116 cm³/mol. The zero-order valence-corrected chi connectivity index (χ0v) is 18.1. The van der Waals surface area contributed by atoms with Crippen LogP contribution in [0.15, 0.2) is 59.7 Å². The molecule has 1 aromatic rings. The van der Waals surface area contributed by atoms with E-state index < -0.39 is 11.9 Å². The molecular weight excluding hydrogens is 352 g/mol. The quantitative estimate of drug-likeness (QED) is 0.466. The molecule has 0 aliphatic carbocycles. The molecule has 0 atom stereocenters. The number of hydrogen-bond acceptors (Lipinski definition) is 2. The Kier molecular flexibility index (Phi) is 10.2. The van der Waals surface area contributed by atoms with Gasteiger partial charge in [0.2, 0.25) is 0 Å². The summed E-state index contributed by atoms with van der Waals surface area (Å²) < 4.78 is 0. The van der Waals surface area contributed by atoms with Crippen LogP contribution in [0.25, 0.3) is 6.08 Å². The van der Waals surface area contributed by atoms with E-state index in [0.29, 0.717) is 17.6 Å². The summed E-state index contributed by atoms with van der Waals surface area (Å²) in [5, 5.41) is 17.6. The zero-order valence-electron chi connectivity index (χ0n) is 18.1. The molecule has 0 aromatic heterocycles. The SMILES string of the molecule is CC(=CC(C)(C)C)C(=O)O.CC(C)(C)CC(=CC=Cc1ccccc1)C(=O)O. The lowest BCUT2D eigenvalue weighted by Crippen LogP contribution is -2.11. The number of aliphatic carboxylic acids is 2. The molecule has 0 heterocycles. The Morgan fingerprint density at radius 3 is 1.82 bits per heavy atom. The third-order valence-electron chi connectivity index (χ3n) is 3.37. The van der Waals surface area contributed by atoms with Gasteiger partial charge in [-0.1, -0.05) is 96.2 Å². The van der Waals surface area contributed by atoms with E-state index in [1.165, 1.54) is 0 Å². The van der Waals surface area contributed by atoms with E-state index in [4.69, 9.17) is 10.2 Å². The van der Waals surface area contributed by atoms with E-state index in [9.17, 15) is 9.59 Å². The first kappa shape index (κ1) is 25.4. The summed E-state index contributed by atoms with van der Waals surface area (Å²) in [5.74, 6) is -1.68. The topological polar surface area (TPSA) is 74.6 Å². The number of carboxylic acid groups (broad SMARTS) is 2. The first-order valence-electron chi connectivity index (χ1n) is 9.29. The van der Waals surface area contributed by atoms with Crippen LogP contribution in [-0.2, 0) is 9.59 Å². The number of carboxylic acids is 2. The smallest absolute Gasteiger partial charge is 0.331 e. The molecule has 2 N–H and O–H groups in total. The van der Waals surface area contributed by atoms with Crippen LogP contribution in [-0.4, -0.2) is 22.2 Å². The lowest BCUT2D eigenvalue weighted by Gasteiger charge is -2.17. The maximum absolute atomic E-state index is 11.1. The second-order valence-corrected chi connectivity index (χ2v) is 9.00. The lowest BCUT2D eigenvalue weighted by atomic mass is 9.88. The maximum atomic E-state index is 11.1. The van der Waals surface area contributed by atoms with Crippen LogP contribution in [0.4, 0.5) is 0 Å². The summed E-state index contributed by atoms with van der Waals surface area (Å²) in [7, 11) is 0. The van der Waals surface area contributed by atoms with Crippen molar-refractivity contribution in [2.45, 2.75) is 54.9 Å². The number of carbonyl (C=O) groups is 2. The van der Waals surface area contributed by atoms with Crippen molar-refractivity contribution < 1.29 is 19.8 Å². The van der Waals surface area contributed by atoms with Crippen molar-refractivity contribution in [2.24, 2.45) is 10.8 Å². The third-order valence-corrected chi connectivity index (χ3v) is 3.37. The van der Waals surface area contributed by atoms with Crippen molar-refractivity contribution in [1.82, 2.24) is 0 Å². The van der Waals surface area contributed by atoms with Crippen LogP contribution in [0.3, 0.4) is 0 Å². The molecule has 0 aliphatic rings. The van der Waals surface area contributed by atoms with Gasteiger partial charge in [-0.3, -0.25) is 0 Å². The number of hydrogen-bond donors (Lipinski definition) is 2. The lowest BCUT2D eigenvalue weighted by molar-refractivity contribution is -0.133. The van der Waals surface area contributed by atoms with Gasteiger partial charge in [-0.25, -0.2) is 9.59 Å². The van der Waals surface area contributed by atoms with Crippen LogP contribution in [0.2, 0.25) is 0 Å². The Hall–Kier alpha value is -2.62. The molecule has 0 spiro atoms. The van der Waals surface area contributed by atoms with Gasteiger partial charge in [-0.05, 0) is 29.7 Å². The highest BCUT2D eigenvalue weighted by atomic mass is 16.4. The Morgan fingerprint density at radius 2 is 1.46 bits per heavy atom. The van der Waals surface area contributed by atoms with Gasteiger partial charge in [0.15, 0.2) is 0 Å². The Balaban J connectivity index is 0.000000621. The Labute approximate surface area is 169 Å². The molecule has 0 bridgehead atoms. The van der Waals surface area contributed by atoms with E-state index in [1.807, 2.05) is 78.0 Å². The number of benzene rings is 1. The Morgan fingerprint density at radius 1 is 0.929 bits per heavy atom. The predicted octanol–water partition coefficient (Wildman–Crippen LogP) is 6.21. The summed E-state index contributed by atoms with van der Waals surface area (Å²) in [6.45, 7) is 13.6. The van der Waals surface area contributed by atoms with Crippen molar-refractivity contribution in [1.29, 1.82) is 0 Å². The molecule has 0 fully saturated rings. The average molecular weight is 387 g/mol. The summed E-state index contributed by atoms with van der Waals surface area (Å²) in [6.07, 6.45) is 7.69. The zero-order chi connectivity index (χ0) is 22.0.